The van der Waals surface area contributed by atoms with E-state index in [1.807, 2.05) is 42.5 Å². The molecule has 2 aromatic rings. The first-order valence-electron chi connectivity index (χ1n) is 5.89. The molecule has 0 saturated heterocycles. The number of anilines is 1. The first-order chi connectivity index (χ1) is 9.88. The molecule has 2 rings (SSSR count). The van der Waals surface area contributed by atoms with Crippen LogP contribution in [0.4, 0.5) is 5.69 Å². The topological polar surface area (TPSA) is 50.7 Å². The number of hydrogen-bond donors (Lipinski definition) is 2. The lowest BCUT2D eigenvalue weighted by atomic mass is 10.2. The molecule has 0 unspecified atom stereocenters. The van der Waals surface area contributed by atoms with Crippen LogP contribution in [0, 0.1) is 11.8 Å². The predicted molar refractivity (Wildman–Crippen MR) is 79.8 cm³/mol. The summed E-state index contributed by atoms with van der Waals surface area (Å²) in [5.41, 5.74) is 1.71. The van der Waals surface area contributed by atoms with Gasteiger partial charge in [-0.2, -0.15) is 0 Å². The Labute approximate surface area is 122 Å². The van der Waals surface area contributed by atoms with E-state index in [0.717, 1.165) is 23.5 Å². The van der Waals surface area contributed by atoms with E-state index in [1.165, 1.54) is 0 Å². The molecule has 0 atom stereocenters. The van der Waals surface area contributed by atoms with E-state index in [2.05, 4.69) is 16.6 Å². The van der Waals surface area contributed by atoms with Crippen LogP contribution in [0.3, 0.4) is 0 Å². The van der Waals surface area contributed by atoms with Gasteiger partial charge in [0.1, 0.15) is 6.61 Å². The van der Waals surface area contributed by atoms with E-state index in [4.69, 9.17) is 14.3 Å². The van der Waals surface area contributed by atoms with Crippen molar-refractivity contribution in [3.63, 3.8) is 0 Å². The van der Waals surface area contributed by atoms with Gasteiger partial charge in [0, 0.05) is 11.3 Å². The average molecular weight is 287 g/mol. The van der Waals surface area contributed by atoms with E-state index in [-0.39, 0.29) is 6.61 Å². The highest BCUT2D eigenvalue weighted by molar-refractivity contribution is 7.95. The third kappa shape index (κ3) is 4.86. The molecule has 0 saturated carbocycles. The van der Waals surface area contributed by atoms with Crippen LogP contribution in [0.1, 0.15) is 5.56 Å². The predicted octanol–water partition coefficient (Wildman–Crippen LogP) is 3.02. The molecule has 0 radical (unpaired) electrons. The summed E-state index contributed by atoms with van der Waals surface area (Å²) in [6.07, 6.45) is 0. The van der Waals surface area contributed by atoms with E-state index < -0.39 is 0 Å². The molecule has 0 heterocycles. The van der Waals surface area contributed by atoms with Gasteiger partial charge in [0.2, 0.25) is 0 Å². The first-order valence-corrected chi connectivity index (χ1v) is 6.63. The van der Waals surface area contributed by atoms with Crippen LogP contribution in [0.15, 0.2) is 54.6 Å². The van der Waals surface area contributed by atoms with E-state index in [1.54, 1.807) is 12.1 Å². The summed E-state index contributed by atoms with van der Waals surface area (Å²) in [5.74, 6) is 6.05. The van der Waals surface area contributed by atoms with Gasteiger partial charge in [-0.05, 0) is 36.4 Å². The minimum atomic E-state index is -0.138. The second-order valence-electron chi connectivity index (χ2n) is 3.69. The van der Waals surface area contributed by atoms with Gasteiger partial charge in [0.15, 0.2) is 18.0 Å². The van der Waals surface area contributed by atoms with Crippen molar-refractivity contribution in [1.29, 1.82) is 0 Å². The molecule has 0 aromatic heterocycles. The maximum Gasteiger partial charge on any atom is 0.166 e. The second-order valence-corrected chi connectivity index (χ2v) is 4.19. The molecule has 2 aromatic carbocycles. The zero-order valence-corrected chi connectivity index (χ0v) is 11.4. The smallest absolute Gasteiger partial charge is 0.166 e. The molecule has 0 bridgehead atoms. The zero-order valence-electron chi connectivity index (χ0n) is 10.6. The Morgan fingerprint density at radius 2 is 1.80 bits per heavy atom. The van der Waals surface area contributed by atoms with Crippen LogP contribution in [0.2, 0.25) is 0 Å². The molecular formula is C15H13NO3S. The highest BCUT2D eigenvalue weighted by atomic mass is 32.2. The summed E-state index contributed by atoms with van der Waals surface area (Å²) >= 11 is 0.977. The standard InChI is InChI=1S/C15H13NO3S/c17-12-4-5-13-8-10-14(11-9-13)16-20-19-18-15-6-2-1-3-7-15/h1-3,6-11,16-17H,12H2. The fourth-order valence-corrected chi connectivity index (χ4v) is 1.74. The van der Waals surface area contributed by atoms with Crippen molar-refractivity contribution < 1.29 is 14.3 Å². The third-order valence-corrected chi connectivity index (χ3v) is 2.72. The number of nitrogens with one attached hydrogen (secondary N) is 1. The average Bonchev–Trinajstić information content (AvgIpc) is 2.52. The van der Waals surface area contributed by atoms with Gasteiger partial charge in [-0.25, -0.2) is 0 Å². The van der Waals surface area contributed by atoms with Gasteiger partial charge in [-0.15, -0.1) is 0 Å². The lowest BCUT2D eigenvalue weighted by molar-refractivity contribution is -0.0771. The van der Waals surface area contributed by atoms with Gasteiger partial charge in [0.25, 0.3) is 0 Å². The lowest BCUT2D eigenvalue weighted by Crippen LogP contribution is -1.94. The van der Waals surface area contributed by atoms with Gasteiger partial charge in [-0.3, -0.25) is 0 Å². The quantitative estimate of drug-likeness (QED) is 0.221. The summed E-state index contributed by atoms with van der Waals surface area (Å²) in [6.45, 7) is -0.138. The van der Waals surface area contributed by atoms with Crippen molar-refractivity contribution in [3.8, 4) is 17.6 Å². The Hall–Kier alpha value is -2.13. The molecule has 5 heteroatoms. The van der Waals surface area contributed by atoms with Crippen LogP contribution in [0.25, 0.3) is 0 Å². The van der Waals surface area contributed by atoms with Crippen LogP contribution in [-0.2, 0) is 4.33 Å². The van der Waals surface area contributed by atoms with Gasteiger partial charge in [-0.1, -0.05) is 34.4 Å². The normalized spacial score (nSPS) is 9.45. The highest BCUT2D eigenvalue weighted by Gasteiger charge is 1.96. The van der Waals surface area contributed by atoms with Crippen molar-refractivity contribution in [2.24, 2.45) is 0 Å². The van der Waals surface area contributed by atoms with Crippen LogP contribution < -0.4 is 9.61 Å². The molecule has 0 aliphatic heterocycles. The van der Waals surface area contributed by atoms with Crippen molar-refractivity contribution in [2.75, 3.05) is 11.3 Å². The van der Waals surface area contributed by atoms with E-state index in [9.17, 15) is 0 Å². The molecule has 0 spiro atoms. The largest absolute Gasteiger partial charge is 0.384 e. The van der Waals surface area contributed by atoms with Gasteiger partial charge < -0.3 is 14.7 Å². The Morgan fingerprint density at radius 1 is 1.05 bits per heavy atom. The number of rotatable bonds is 5. The monoisotopic (exact) mass is 287 g/mol. The molecule has 2 N–H and O–H groups in total. The molecule has 0 aliphatic carbocycles. The highest BCUT2D eigenvalue weighted by Crippen LogP contribution is 2.16. The molecule has 0 amide bonds. The Balaban J connectivity index is 1.74. The number of hydrogen-bond acceptors (Lipinski definition) is 5. The molecule has 102 valence electrons. The fraction of sp³-hybridized carbons (Fsp3) is 0.0667. The Morgan fingerprint density at radius 3 is 2.50 bits per heavy atom. The lowest BCUT2D eigenvalue weighted by Gasteiger charge is -2.05. The van der Waals surface area contributed by atoms with Crippen LogP contribution in [-0.4, -0.2) is 11.7 Å². The maximum atomic E-state index is 8.60. The fourth-order valence-electron chi connectivity index (χ4n) is 1.36. The molecule has 0 aliphatic rings. The van der Waals surface area contributed by atoms with E-state index in [0.29, 0.717) is 5.75 Å². The van der Waals surface area contributed by atoms with Gasteiger partial charge in [0.05, 0.1) is 0 Å². The molecule has 20 heavy (non-hydrogen) atoms. The summed E-state index contributed by atoms with van der Waals surface area (Å²) in [4.78, 5) is 5.05. The summed E-state index contributed by atoms with van der Waals surface area (Å²) < 4.78 is 7.93. The third-order valence-electron chi connectivity index (χ3n) is 2.26. The van der Waals surface area contributed by atoms with Crippen molar-refractivity contribution in [3.05, 3.63) is 60.2 Å². The minimum Gasteiger partial charge on any atom is -0.384 e. The number of aliphatic hydroxyl groups excluding tert-OH is 1. The number of para-hydroxylation sites is 1. The van der Waals surface area contributed by atoms with Crippen LogP contribution >= 0.6 is 12.2 Å². The second kappa shape index (κ2) is 8.12. The van der Waals surface area contributed by atoms with Crippen molar-refractivity contribution >= 4 is 17.9 Å². The number of aliphatic hydroxyl groups is 1. The summed E-state index contributed by atoms with van der Waals surface area (Å²) in [6, 6.07) is 16.7. The zero-order chi connectivity index (χ0) is 14.0. The minimum absolute atomic E-state index is 0.138. The van der Waals surface area contributed by atoms with Crippen molar-refractivity contribution in [2.45, 2.75) is 0 Å². The number of benzene rings is 2. The van der Waals surface area contributed by atoms with Crippen LogP contribution in [0.5, 0.6) is 5.75 Å². The van der Waals surface area contributed by atoms with Gasteiger partial charge >= 0.3 is 0 Å². The molecule has 0 fully saturated rings. The van der Waals surface area contributed by atoms with E-state index >= 15 is 0 Å². The first kappa shape index (κ1) is 14.3. The molecule has 4 nitrogen and oxygen atoms in total. The Bertz CT molecular complexity index is 576. The SMILES string of the molecule is OCC#Cc1ccc(NSOOc2ccccc2)cc1. The molecular weight excluding hydrogens is 274 g/mol. The maximum absolute atomic E-state index is 8.60. The summed E-state index contributed by atoms with van der Waals surface area (Å²) in [5, 5.41) is 8.60. The Kier molecular flexibility index (Phi) is 5.80. The summed E-state index contributed by atoms with van der Waals surface area (Å²) in [7, 11) is 0. The van der Waals surface area contributed by atoms with Crippen molar-refractivity contribution in [1.82, 2.24) is 0 Å².